The van der Waals surface area contributed by atoms with E-state index >= 15 is 0 Å². The van der Waals surface area contributed by atoms with Crippen LogP contribution in [-0.4, -0.2) is 93.0 Å². The van der Waals surface area contributed by atoms with Crippen molar-refractivity contribution in [2.24, 2.45) is 0 Å². The van der Waals surface area contributed by atoms with Gasteiger partial charge in [-0.1, -0.05) is 0 Å². The third-order valence-electron chi connectivity index (χ3n) is 6.46. The highest BCUT2D eigenvalue weighted by Gasteiger charge is 2.46. The van der Waals surface area contributed by atoms with Crippen LogP contribution in [-0.2, 0) is 23.1 Å². The summed E-state index contributed by atoms with van der Waals surface area (Å²) in [5.74, 6) is 0.105. The Morgan fingerprint density at radius 2 is 1.82 bits per heavy atom. The zero-order valence-corrected chi connectivity index (χ0v) is 21.2. The summed E-state index contributed by atoms with van der Waals surface area (Å²) in [6.45, 7) is 0.271. The van der Waals surface area contributed by atoms with Crippen molar-refractivity contribution in [1.29, 1.82) is 0 Å². The number of ether oxygens (including phenoxy) is 2. The number of anilines is 1. The lowest BCUT2D eigenvalue weighted by Crippen LogP contribution is -2.34. The van der Waals surface area contributed by atoms with Crippen molar-refractivity contribution in [3.05, 3.63) is 45.3 Å². The van der Waals surface area contributed by atoms with E-state index in [0.717, 1.165) is 4.57 Å². The van der Waals surface area contributed by atoms with E-state index in [1.54, 1.807) is 0 Å². The quantitative estimate of drug-likeness (QED) is 0.155. The lowest BCUT2D eigenvalue weighted by Gasteiger charge is -2.20. The summed E-state index contributed by atoms with van der Waals surface area (Å²) in [5, 5.41) is 31.2. The fourth-order valence-electron chi connectivity index (χ4n) is 4.36. The third kappa shape index (κ3) is 5.38. The van der Waals surface area contributed by atoms with Crippen LogP contribution >= 0.6 is 7.82 Å². The van der Waals surface area contributed by atoms with Gasteiger partial charge in [0.1, 0.15) is 42.5 Å². The number of hydrogen-bond donors (Lipinski definition) is 6. The van der Waals surface area contributed by atoms with Crippen LogP contribution in [0, 0.1) is 6.92 Å². The molecule has 2 saturated heterocycles. The first kappa shape index (κ1) is 27.5. The minimum atomic E-state index is -4.75. The van der Waals surface area contributed by atoms with Crippen molar-refractivity contribution >= 4 is 24.8 Å². The van der Waals surface area contributed by atoms with Gasteiger partial charge in [0.2, 0.25) is 0 Å². The number of aromatic nitrogens is 6. The monoisotopic (exact) mass is 571 g/mol. The van der Waals surface area contributed by atoms with Crippen LogP contribution in [0.1, 0.15) is 24.4 Å². The van der Waals surface area contributed by atoms with Gasteiger partial charge in [0.15, 0.2) is 17.7 Å². The summed E-state index contributed by atoms with van der Waals surface area (Å²) < 4.78 is 36.0. The number of phosphoric acid groups is 1. The van der Waals surface area contributed by atoms with E-state index in [1.165, 1.54) is 30.3 Å². The molecule has 8 atom stereocenters. The van der Waals surface area contributed by atoms with Gasteiger partial charge in [-0.05, 0) is 6.92 Å². The van der Waals surface area contributed by atoms with Crippen LogP contribution < -0.4 is 17.0 Å². The number of hydrogen-bond acceptors (Lipinski definition) is 14. The molecule has 2 aliphatic rings. The average Bonchev–Trinajstić information content (AvgIpc) is 3.56. The van der Waals surface area contributed by atoms with Gasteiger partial charge in [0.25, 0.3) is 5.56 Å². The highest BCUT2D eigenvalue weighted by Crippen LogP contribution is 2.45. The summed E-state index contributed by atoms with van der Waals surface area (Å²) in [4.78, 5) is 47.9. The molecule has 39 heavy (non-hydrogen) atoms. The molecule has 0 spiro atoms. The zero-order chi connectivity index (χ0) is 28.1. The molecule has 2 aliphatic heterocycles. The van der Waals surface area contributed by atoms with Crippen molar-refractivity contribution < 1.29 is 43.3 Å². The van der Waals surface area contributed by atoms with E-state index in [1.807, 2.05) is 0 Å². The number of nitrogens with zero attached hydrogens (tertiary/aromatic N) is 5. The number of imidazole rings is 1. The van der Waals surface area contributed by atoms with Crippen LogP contribution in [0.4, 0.5) is 5.82 Å². The molecule has 7 N–H and O–H groups in total. The summed E-state index contributed by atoms with van der Waals surface area (Å²) in [5.41, 5.74) is 5.22. The van der Waals surface area contributed by atoms with Crippen molar-refractivity contribution in [2.45, 2.75) is 56.3 Å². The predicted octanol–water partition coefficient (Wildman–Crippen LogP) is -2.33. The van der Waals surface area contributed by atoms with Gasteiger partial charge in [-0.3, -0.25) is 28.0 Å². The zero-order valence-electron chi connectivity index (χ0n) is 20.3. The molecule has 5 heterocycles. The Bertz CT molecular complexity index is 1530. The molecular weight excluding hydrogens is 545 g/mol. The fourth-order valence-corrected chi connectivity index (χ4v) is 5.11. The third-order valence-corrected chi connectivity index (χ3v) is 7.41. The number of nitrogens with two attached hydrogens (primary N) is 1. The van der Waals surface area contributed by atoms with E-state index < -0.39 is 75.3 Å². The molecule has 0 aromatic carbocycles. The number of aliphatic hydroxyl groups is 3. The molecule has 18 nitrogen and oxygen atoms in total. The smallest absolute Gasteiger partial charge is 0.390 e. The van der Waals surface area contributed by atoms with Crippen molar-refractivity contribution in [1.82, 2.24) is 29.1 Å². The Morgan fingerprint density at radius 1 is 1.10 bits per heavy atom. The molecule has 3 aromatic heterocycles. The second-order valence-corrected chi connectivity index (χ2v) is 10.6. The molecule has 5 rings (SSSR count). The van der Waals surface area contributed by atoms with Crippen LogP contribution in [0.2, 0.25) is 0 Å². The number of aliphatic hydroxyl groups excluding tert-OH is 3. The Morgan fingerprint density at radius 3 is 2.56 bits per heavy atom. The lowest BCUT2D eigenvalue weighted by atomic mass is 10.1. The van der Waals surface area contributed by atoms with Gasteiger partial charge < -0.3 is 35.4 Å². The van der Waals surface area contributed by atoms with Crippen molar-refractivity contribution in [2.75, 3.05) is 18.9 Å². The first-order valence-corrected chi connectivity index (χ1v) is 13.2. The molecule has 0 saturated carbocycles. The van der Waals surface area contributed by atoms with Gasteiger partial charge in [-0.15, -0.1) is 0 Å². The van der Waals surface area contributed by atoms with E-state index in [9.17, 15) is 34.4 Å². The molecule has 0 radical (unpaired) electrons. The number of H-pyrrole nitrogens is 1. The Kier molecular flexibility index (Phi) is 7.40. The number of aromatic amines is 1. The highest BCUT2D eigenvalue weighted by molar-refractivity contribution is 7.47. The topological polar surface area (TPSA) is 259 Å². The Balaban J connectivity index is 1.17. The van der Waals surface area contributed by atoms with Gasteiger partial charge in [-0.25, -0.2) is 24.3 Å². The fraction of sp³-hybridized carbons (Fsp3) is 0.550. The minimum Gasteiger partial charge on any atom is -0.390 e. The number of nitrogen functional groups attached to an aromatic ring is 1. The predicted molar refractivity (Wildman–Crippen MR) is 128 cm³/mol. The maximum Gasteiger partial charge on any atom is 0.472 e. The number of nitrogens with one attached hydrogen (secondary N) is 1. The molecular formula is C20H26N7O11P. The number of phosphoric ester groups is 1. The minimum absolute atomic E-state index is 0.0448. The average molecular weight is 571 g/mol. The normalized spacial score (nSPS) is 30.6. The molecule has 19 heteroatoms. The standard InChI is InChI=1S/C20H26N7O11P/c1-8-3-26(20(32)25-18(8)31)12-2-9(28)10(37-12)4-35-39(33,34)36-5-11-14(29)15(30)19(38-11)27-7-24-13-16(21)22-6-23-17(13)27/h3,6-7,9-12,14-15,19,28-30H,2,4-5H2,1H3,(H,33,34)(H2,21,22,23)(H,25,31,32)/t9-,10+,11+,12+,14+,15+,19+/m0/s1. The van der Waals surface area contributed by atoms with E-state index in [2.05, 4.69) is 19.9 Å². The van der Waals surface area contributed by atoms with Crippen LogP contribution in [0.25, 0.3) is 11.2 Å². The van der Waals surface area contributed by atoms with Crippen LogP contribution in [0.5, 0.6) is 0 Å². The van der Waals surface area contributed by atoms with Gasteiger partial charge in [-0.2, -0.15) is 0 Å². The van der Waals surface area contributed by atoms with Crippen LogP contribution in [0.15, 0.2) is 28.4 Å². The lowest BCUT2D eigenvalue weighted by molar-refractivity contribution is -0.0597. The van der Waals surface area contributed by atoms with E-state index in [-0.39, 0.29) is 29.0 Å². The number of rotatable bonds is 8. The molecule has 2 fully saturated rings. The Labute approximate surface area is 218 Å². The molecule has 212 valence electrons. The van der Waals surface area contributed by atoms with Crippen molar-refractivity contribution in [3.63, 3.8) is 0 Å². The van der Waals surface area contributed by atoms with Gasteiger partial charge in [0, 0.05) is 18.2 Å². The maximum absolute atomic E-state index is 12.5. The summed E-state index contributed by atoms with van der Waals surface area (Å²) in [6, 6.07) is 0. The second-order valence-electron chi connectivity index (χ2n) is 9.10. The first-order chi connectivity index (χ1) is 18.4. The SMILES string of the molecule is Cc1cn([C@H]2C[C@H](O)[C@@H](COP(=O)(O)OC[C@H]3O[C@@H](n4cnc5c(N)ncnc54)[C@H](O)[C@@H]3O)O2)c(=O)[nH]c1=O. The molecule has 0 aliphatic carbocycles. The largest absolute Gasteiger partial charge is 0.472 e. The van der Waals surface area contributed by atoms with Crippen molar-refractivity contribution in [3.8, 4) is 0 Å². The van der Waals surface area contributed by atoms with E-state index in [4.69, 9.17) is 24.3 Å². The summed E-state index contributed by atoms with van der Waals surface area (Å²) >= 11 is 0. The summed E-state index contributed by atoms with van der Waals surface area (Å²) in [7, 11) is -4.75. The Hall–Kier alpha value is -3.06. The molecule has 0 bridgehead atoms. The molecule has 3 aromatic rings. The van der Waals surface area contributed by atoms with E-state index in [0.29, 0.717) is 0 Å². The molecule has 0 amide bonds. The second kappa shape index (κ2) is 10.5. The number of aryl methyl sites for hydroxylation is 1. The molecule has 1 unspecified atom stereocenters. The first-order valence-electron chi connectivity index (χ1n) is 11.7. The van der Waals surface area contributed by atoms with Gasteiger partial charge >= 0.3 is 13.5 Å². The highest BCUT2D eigenvalue weighted by atomic mass is 31.2. The van der Waals surface area contributed by atoms with Gasteiger partial charge in [0.05, 0.1) is 25.6 Å². The number of fused-ring (bicyclic) bond motifs is 1. The summed E-state index contributed by atoms with van der Waals surface area (Å²) in [6.07, 6.45) is -4.85. The van der Waals surface area contributed by atoms with Crippen LogP contribution in [0.3, 0.4) is 0 Å². The maximum atomic E-state index is 12.5.